The third-order valence-corrected chi connectivity index (χ3v) is 5.18. The fourth-order valence-corrected chi connectivity index (χ4v) is 3.41. The number of halogens is 2. The molecule has 112 valence electrons. The van der Waals surface area contributed by atoms with E-state index >= 15 is 0 Å². The van der Waals surface area contributed by atoms with Gasteiger partial charge in [0, 0.05) is 13.6 Å². The number of anilines is 1. The smallest absolute Gasteiger partial charge is 0.233 e. The minimum atomic E-state index is -0.0140. The number of aromatic nitrogens is 2. The zero-order chi connectivity index (χ0) is 15.4. The number of hydrogen-bond donors (Lipinski definition) is 1. The van der Waals surface area contributed by atoms with Gasteiger partial charge in [-0.3, -0.25) is 4.79 Å². The average Bonchev–Trinajstić information content (AvgIpc) is 2.86. The number of rotatable bonds is 5. The fraction of sp³-hybridized carbons (Fsp3) is 0.250. The summed E-state index contributed by atoms with van der Waals surface area (Å²) >= 11 is 14.4. The summed E-state index contributed by atoms with van der Waals surface area (Å²) in [6.45, 7) is 0.467. The van der Waals surface area contributed by atoms with E-state index in [1.165, 1.54) is 23.1 Å². The van der Waals surface area contributed by atoms with Gasteiger partial charge in [0.15, 0.2) is 4.34 Å². The van der Waals surface area contributed by atoms with Gasteiger partial charge in [0.25, 0.3) is 0 Å². The van der Waals surface area contributed by atoms with Crippen molar-refractivity contribution in [1.82, 2.24) is 15.1 Å². The van der Waals surface area contributed by atoms with Gasteiger partial charge in [0.1, 0.15) is 0 Å². The number of carbonyl (C=O) groups excluding carboxylic acids is 1. The van der Waals surface area contributed by atoms with Crippen LogP contribution in [0.4, 0.5) is 5.13 Å². The molecule has 0 spiro atoms. The minimum Gasteiger partial charge on any atom is -0.374 e. The number of carbonyl (C=O) groups is 1. The first-order chi connectivity index (χ1) is 9.95. The van der Waals surface area contributed by atoms with Crippen LogP contribution in [0.2, 0.25) is 10.0 Å². The Morgan fingerprint density at radius 1 is 1.38 bits per heavy atom. The predicted molar refractivity (Wildman–Crippen MR) is 88.0 cm³/mol. The molecule has 0 aliphatic carbocycles. The zero-order valence-corrected chi connectivity index (χ0v) is 14.2. The molecular formula is C12H12Cl2N4OS2. The van der Waals surface area contributed by atoms with Crippen LogP contribution in [-0.4, -0.2) is 33.8 Å². The highest BCUT2D eigenvalue weighted by atomic mass is 35.5. The first kappa shape index (κ1) is 16.4. The van der Waals surface area contributed by atoms with Gasteiger partial charge in [-0.05, 0) is 17.7 Å². The van der Waals surface area contributed by atoms with Gasteiger partial charge in [-0.2, -0.15) is 0 Å². The maximum atomic E-state index is 12.1. The monoisotopic (exact) mass is 362 g/mol. The normalized spacial score (nSPS) is 10.6. The van der Waals surface area contributed by atoms with E-state index in [1.807, 2.05) is 6.07 Å². The van der Waals surface area contributed by atoms with E-state index in [1.54, 1.807) is 24.1 Å². The number of amides is 1. The molecule has 2 aromatic rings. The molecule has 0 saturated heterocycles. The molecular weight excluding hydrogens is 351 g/mol. The number of hydrogen-bond acceptors (Lipinski definition) is 6. The van der Waals surface area contributed by atoms with Gasteiger partial charge in [-0.25, -0.2) is 0 Å². The Labute approximate surface area is 140 Å². The highest BCUT2D eigenvalue weighted by Gasteiger charge is 2.12. The molecule has 1 heterocycles. The summed E-state index contributed by atoms with van der Waals surface area (Å²) in [5, 5.41) is 8.93. The van der Waals surface area contributed by atoms with Gasteiger partial charge in [-0.1, -0.05) is 52.4 Å². The average molecular weight is 363 g/mol. The Morgan fingerprint density at radius 3 is 2.76 bits per heavy atom. The maximum Gasteiger partial charge on any atom is 0.233 e. The van der Waals surface area contributed by atoms with E-state index in [4.69, 9.17) is 28.9 Å². The van der Waals surface area contributed by atoms with Gasteiger partial charge in [0.2, 0.25) is 11.0 Å². The van der Waals surface area contributed by atoms with Crippen LogP contribution in [0.3, 0.4) is 0 Å². The van der Waals surface area contributed by atoms with Crippen molar-refractivity contribution < 1.29 is 4.79 Å². The molecule has 1 amide bonds. The van der Waals surface area contributed by atoms with Crippen molar-refractivity contribution in [3.05, 3.63) is 33.8 Å². The summed E-state index contributed by atoms with van der Waals surface area (Å²) in [6.07, 6.45) is 0. The summed E-state index contributed by atoms with van der Waals surface area (Å²) in [5.74, 6) is 0.270. The SMILES string of the molecule is CN(Cc1ccc(Cl)c(Cl)c1)C(=O)CSc1nnc(N)s1. The third-order valence-electron chi connectivity index (χ3n) is 2.57. The molecule has 0 saturated carbocycles. The van der Waals surface area contributed by atoms with Crippen LogP contribution in [0, 0.1) is 0 Å². The third kappa shape index (κ3) is 4.74. The first-order valence-electron chi connectivity index (χ1n) is 5.85. The zero-order valence-electron chi connectivity index (χ0n) is 11.0. The van der Waals surface area contributed by atoms with Crippen molar-refractivity contribution in [2.75, 3.05) is 18.5 Å². The molecule has 1 aromatic heterocycles. The van der Waals surface area contributed by atoms with Crippen molar-refractivity contribution in [3.8, 4) is 0 Å². The molecule has 0 bridgehead atoms. The molecule has 21 heavy (non-hydrogen) atoms. The number of nitrogens with two attached hydrogens (primary N) is 1. The van der Waals surface area contributed by atoms with E-state index in [0.717, 1.165) is 5.56 Å². The van der Waals surface area contributed by atoms with Gasteiger partial charge in [-0.15, -0.1) is 10.2 Å². The van der Waals surface area contributed by atoms with Crippen molar-refractivity contribution in [3.63, 3.8) is 0 Å². The molecule has 9 heteroatoms. The van der Waals surface area contributed by atoms with E-state index < -0.39 is 0 Å². The predicted octanol–water partition coefficient (Wildman–Crippen LogP) is 3.18. The van der Waals surface area contributed by atoms with Gasteiger partial charge < -0.3 is 10.6 Å². The lowest BCUT2D eigenvalue weighted by Gasteiger charge is -2.17. The first-order valence-corrected chi connectivity index (χ1v) is 8.41. The molecule has 2 N–H and O–H groups in total. The highest BCUT2D eigenvalue weighted by Crippen LogP contribution is 2.25. The van der Waals surface area contributed by atoms with Crippen molar-refractivity contribution in [1.29, 1.82) is 0 Å². The lowest BCUT2D eigenvalue weighted by molar-refractivity contribution is -0.127. The number of nitrogen functional groups attached to an aromatic ring is 1. The van der Waals surface area contributed by atoms with Crippen LogP contribution in [0.25, 0.3) is 0 Å². The van der Waals surface area contributed by atoms with Crippen LogP contribution in [0.15, 0.2) is 22.5 Å². The van der Waals surface area contributed by atoms with Crippen LogP contribution in [0.5, 0.6) is 0 Å². The van der Waals surface area contributed by atoms with E-state index in [0.29, 0.717) is 26.1 Å². The van der Waals surface area contributed by atoms with Crippen LogP contribution < -0.4 is 5.73 Å². The van der Waals surface area contributed by atoms with Crippen molar-refractivity contribution in [2.45, 2.75) is 10.9 Å². The Kier molecular flexibility index (Phi) is 5.69. The van der Waals surface area contributed by atoms with E-state index in [9.17, 15) is 4.79 Å². The standard InChI is InChI=1S/C12H12Cl2N4OS2/c1-18(5-7-2-3-8(13)9(14)4-7)10(19)6-20-12-17-16-11(15)21-12/h2-4H,5-6H2,1H3,(H2,15,16). The van der Waals surface area contributed by atoms with Crippen LogP contribution in [-0.2, 0) is 11.3 Å². The van der Waals surface area contributed by atoms with Gasteiger partial charge >= 0.3 is 0 Å². The summed E-state index contributed by atoms with van der Waals surface area (Å²) in [7, 11) is 1.74. The van der Waals surface area contributed by atoms with Crippen molar-refractivity contribution in [2.24, 2.45) is 0 Å². The molecule has 0 radical (unpaired) electrons. The largest absolute Gasteiger partial charge is 0.374 e. The molecule has 2 rings (SSSR count). The molecule has 1 aromatic carbocycles. The Hall–Kier alpha value is -1.02. The van der Waals surface area contributed by atoms with Crippen LogP contribution >= 0.6 is 46.3 Å². The summed E-state index contributed by atoms with van der Waals surface area (Å²) in [4.78, 5) is 13.7. The Bertz CT molecular complexity index is 650. The quantitative estimate of drug-likeness (QED) is 0.826. The highest BCUT2D eigenvalue weighted by molar-refractivity contribution is 8.01. The van der Waals surface area contributed by atoms with E-state index in [2.05, 4.69) is 10.2 Å². The molecule has 0 aliphatic heterocycles. The lowest BCUT2D eigenvalue weighted by Crippen LogP contribution is -2.27. The molecule has 0 aliphatic rings. The molecule has 0 atom stereocenters. The summed E-state index contributed by atoms with van der Waals surface area (Å²) in [6, 6.07) is 5.32. The topological polar surface area (TPSA) is 72.1 Å². The number of thioether (sulfide) groups is 1. The Morgan fingerprint density at radius 2 is 2.14 bits per heavy atom. The van der Waals surface area contributed by atoms with E-state index in [-0.39, 0.29) is 11.7 Å². The summed E-state index contributed by atoms with van der Waals surface area (Å²) < 4.78 is 0.684. The van der Waals surface area contributed by atoms with Crippen molar-refractivity contribution >= 4 is 57.3 Å². The van der Waals surface area contributed by atoms with Crippen LogP contribution in [0.1, 0.15) is 5.56 Å². The fourth-order valence-electron chi connectivity index (χ4n) is 1.51. The Balaban J connectivity index is 1.88. The molecule has 0 unspecified atom stereocenters. The maximum absolute atomic E-state index is 12.1. The second kappa shape index (κ2) is 7.31. The minimum absolute atomic E-state index is 0.0140. The molecule has 5 nitrogen and oxygen atoms in total. The second-order valence-corrected chi connectivity index (χ2v) is 7.24. The lowest BCUT2D eigenvalue weighted by atomic mass is 10.2. The number of nitrogens with zero attached hydrogens (tertiary/aromatic N) is 3. The molecule has 0 fully saturated rings. The summed E-state index contributed by atoms with van der Waals surface area (Å²) in [5.41, 5.74) is 6.41. The number of benzene rings is 1. The van der Waals surface area contributed by atoms with Gasteiger partial charge in [0.05, 0.1) is 15.8 Å². The second-order valence-electron chi connectivity index (χ2n) is 4.19.